The standard InChI is InChI=1S/C13H12N2O4S/c1-15-12(16)8(14-13(15)20)3-7-4-10-11(19-6-18-10)5-9(7)17-2/h3-5H,6H2,1-2H3,(H,14,20). The first kappa shape index (κ1) is 12.7. The topological polar surface area (TPSA) is 60.0 Å². The van der Waals surface area contributed by atoms with Crippen molar-refractivity contribution in [2.75, 3.05) is 21.0 Å². The molecule has 0 aliphatic carbocycles. The van der Waals surface area contributed by atoms with E-state index < -0.39 is 0 Å². The number of thiocarbonyl (C=S) groups is 1. The molecular weight excluding hydrogens is 280 g/mol. The minimum Gasteiger partial charge on any atom is -0.496 e. The van der Waals surface area contributed by atoms with Gasteiger partial charge in [0.25, 0.3) is 5.91 Å². The van der Waals surface area contributed by atoms with Gasteiger partial charge in [0.2, 0.25) is 6.79 Å². The maximum Gasteiger partial charge on any atom is 0.276 e. The number of carbonyl (C=O) groups is 1. The molecule has 1 amide bonds. The van der Waals surface area contributed by atoms with Gasteiger partial charge in [0.15, 0.2) is 16.6 Å². The van der Waals surface area contributed by atoms with Gasteiger partial charge in [0, 0.05) is 18.7 Å². The number of methoxy groups -OCH3 is 1. The molecule has 7 heteroatoms. The Hall–Kier alpha value is -2.28. The number of carbonyl (C=O) groups excluding carboxylic acids is 1. The third-order valence-corrected chi connectivity index (χ3v) is 3.48. The molecular formula is C13H12N2O4S. The number of hydrogen-bond donors (Lipinski definition) is 1. The van der Waals surface area contributed by atoms with Crippen molar-refractivity contribution in [2.24, 2.45) is 0 Å². The SMILES string of the molecule is COc1cc2c(cc1C=C1NC(=S)N(C)C1=O)OCO2. The fraction of sp³-hybridized carbons (Fsp3) is 0.231. The summed E-state index contributed by atoms with van der Waals surface area (Å²) in [6.07, 6.45) is 1.68. The number of benzene rings is 1. The number of rotatable bonds is 2. The molecule has 3 rings (SSSR count). The molecule has 1 N–H and O–H groups in total. The van der Waals surface area contributed by atoms with Crippen LogP contribution in [-0.2, 0) is 4.79 Å². The van der Waals surface area contributed by atoms with Crippen molar-refractivity contribution in [3.63, 3.8) is 0 Å². The van der Waals surface area contributed by atoms with E-state index in [0.29, 0.717) is 33.6 Å². The molecule has 0 saturated carbocycles. The van der Waals surface area contributed by atoms with Crippen LogP contribution >= 0.6 is 12.2 Å². The minimum absolute atomic E-state index is 0.183. The largest absolute Gasteiger partial charge is 0.496 e. The van der Waals surface area contributed by atoms with Gasteiger partial charge in [0.1, 0.15) is 11.4 Å². The Kier molecular flexibility index (Phi) is 2.98. The molecule has 0 aromatic heterocycles. The molecule has 1 fully saturated rings. The van der Waals surface area contributed by atoms with E-state index in [-0.39, 0.29) is 12.7 Å². The summed E-state index contributed by atoms with van der Waals surface area (Å²) in [4.78, 5) is 13.3. The Labute approximate surface area is 120 Å². The molecule has 2 heterocycles. The summed E-state index contributed by atoms with van der Waals surface area (Å²) in [5, 5.41) is 3.24. The zero-order valence-corrected chi connectivity index (χ0v) is 11.7. The predicted octanol–water partition coefficient (Wildman–Crippen LogP) is 1.11. The normalized spacial score (nSPS) is 18.7. The number of likely N-dealkylation sites (N-methyl/N-ethyl adjacent to an activating group) is 1. The molecule has 0 spiro atoms. The second-order valence-electron chi connectivity index (χ2n) is 4.30. The van der Waals surface area contributed by atoms with Gasteiger partial charge >= 0.3 is 0 Å². The van der Waals surface area contributed by atoms with Gasteiger partial charge in [-0.05, 0) is 24.4 Å². The summed E-state index contributed by atoms with van der Waals surface area (Å²) < 4.78 is 15.9. The van der Waals surface area contributed by atoms with Crippen molar-refractivity contribution in [3.8, 4) is 17.2 Å². The molecule has 0 bridgehead atoms. The lowest BCUT2D eigenvalue weighted by molar-refractivity contribution is -0.121. The van der Waals surface area contributed by atoms with Gasteiger partial charge in [0.05, 0.1) is 7.11 Å². The van der Waals surface area contributed by atoms with E-state index in [1.165, 1.54) is 4.90 Å². The highest BCUT2D eigenvalue weighted by Crippen LogP contribution is 2.38. The molecule has 104 valence electrons. The van der Waals surface area contributed by atoms with Gasteiger partial charge in [-0.15, -0.1) is 0 Å². The van der Waals surface area contributed by atoms with Crippen molar-refractivity contribution in [1.82, 2.24) is 10.2 Å². The monoisotopic (exact) mass is 292 g/mol. The van der Waals surface area contributed by atoms with Gasteiger partial charge in [-0.3, -0.25) is 9.69 Å². The molecule has 2 aliphatic rings. The number of nitrogens with zero attached hydrogens (tertiary/aromatic N) is 1. The molecule has 0 unspecified atom stereocenters. The number of amides is 1. The second kappa shape index (κ2) is 4.68. The summed E-state index contributed by atoms with van der Waals surface area (Å²) in [6, 6.07) is 3.50. The van der Waals surface area contributed by atoms with Crippen LogP contribution in [0.25, 0.3) is 6.08 Å². The Morgan fingerprint density at radius 2 is 2.10 bits per heavy atom. The smallest absolute Gasteiger partial charge is 0.276 e. The van der Waals surface area contributed by atoms with E-state index in [4.69, 9.17) is 26.4 Å². The van der Waals surface area contributed by atoms with Gasteiger partial charge < -0.3 is 19.5 Å². The van der Waals surface area contributed by atoms with Crippen molar-refractivity contribution in [1.29, 1.82) is 0 Å². The summed E-state index contributed by atoms with van der Waals surface area (Å²) >= 11 is 5.03. The van der Waals surface area contributed by atoms with Crippen LogP contribution in [0.1, 0.15) is 5.56 Å². The number of ether oxygens (including phenoxy) is 3. The van der Waals surface area contributed by atoms with Gasteiger partial charge in [-0.2, -0.15) is 0 Å². The van der Waals surface area contributed by atoms with E-state index in [9.17, 15) is 4.79 Å². The van der Waals surface area contributed by atoms with Crippen LogP contribution < -0.4 is 19.5 Å². The first-order valence-electron chi connectivity index (χ1n) is 5.88. The molecule has 1 saturated heterocycles. The fourth-order valence-corrected chi connectivity index (χ4v) is 2.20. The zero-order chi connectivity index (χ0) is 14.3. The van der Waals surface area contributed by atoms with Crippen LogP contribution in [0.4, 0.5) is 0 Å². The van der Waals surface area contributed by atoms with E-state index >= 15 is 0 Å². The van der Waals surface area contributed by atoms with Crippen LogP contribution in [0.2, 0.25) is 0 Å². The molecule has 1 aromatic rings. The predicted molar refractivity (Wildman–Crippen MR) is 75.6 cm³/mol. The lowest BCUT2D eigenvalue weighted by atomic mass is 10.1. The van der Waals surface area contributed by atoms with E-state index in [2.05, 4.69) is 5.32 Å². The third-order valence-electron chi connectivity index (χ3n) is 3.11. The van der Waals surface area contributed by atoms with Gasteiger partial charge in [-0.25, -0.2) is 0 Å². The highest BCUT2D eigenvalue weighted by atomic mass is 32.1. The molecule has 20 heavy (non-hydrogen) atoms. The average Bonchev–Trinajstić information content (AvgIpc) is 2.98. The van der Waals surface area contributed by atoms with E-state index in [1.807, 2.05) is 0 Å². The van der Waals surface area contributed by atoms with Crippen LogP contribution in [0, 0.1) is 0 Å². The molecule has 1 aromatic carbocycles. The minimum atomic E-state index is -0.185. The lowest BCUT2D eigenvalue weighted by Crippen LogP contribution is -2.25. The van der Waals surface area contributed by atoms with E-state index in [1.54, 1.807) is 32.4 Å². The van der Waals surface area contributed by atoms with Crippen LogP contribution in [0.5, 0.6) is 17.2 Å². The molecule has 0 radical (unpaired) electrons. The van der Waals surface area contributed by atoms with Crippen molar-refractivity contribution >= 4 is 29.3 Å². The first-order chi connectivity index (χ1) is 9.60. The van der Waals surface area contributed by atoms with Crippen molar-refractivity contribution in [2.45, 2.75) is 0 Å². The maximum atomic E-state index is 12.0. The van der Waals surface area contributed by atoms with Crippen LogP contribution in [0.3, 0.4) is 0 Å². The summed E-state index contributed by atoms with van der Waals surface area (Å²) in [5.41, 5.74) is 1.11. The Bertz CT molecular complexity index is 642. The number of fused-ring (bicyclic) bond motifs is 1. The van der Waals surface area contributed by atoms with Gasteiger partial charge in [-0.1, -0.05) is 0 Å². The average molecular weight is 292 g/mol. The molecule has 2 aliphatic heterocycles. The molecule has 6 nitrogen and oxygen atoms in total. The Morgan fingerprint density at radius 3 is 2.70 bits per heavy atom. The first-order valence-corrected chi connectivity index (χ1v) is 6.29. The van der Waals surface area contributed by atoms with Crippen molar-refractivity contribution < 1.29 is 19.0 Å². The summed E-state index contributed by atoms with van der Waals surface area (Å²) in [7, 11) is 3.18. The number of hydrogen-bond acceptors (Lipinski definition) is 5. The third kappa shape index (κ3) is 1.96. The Morgan fingerprint density at radius 1 is 1.40 bits per heavy atom. The van der Waals surface area contributed by atoms with E-state index in [0.717, 1.165) is 0 Å². The second-order valence-corrected chi connectivity index (χ2v) is 4.69. The Balaban J connectivity index is 2.03. The zero-order valence-electron chi connectivity index (χ0n) is 10.9. The van der Waals surface area contributed by atoms with Crippen LogP contribution in [-0.4, -0.2) is 36.9 Å². The quantitative estimate of drug-likeness (QED) is 0.651. The maximum absolute atomic E-state index is 12.0. The highest BCUT2D eigenvalue weighted by Gasteiger charge is 2.27. The van der Waals surface area contributed by atoms with Crippen LogP contribution in [0.15, 0.2) is 17.8 Å². The highest BCUT2D eigenvalue weighted by molar-refractivity contribution is 7.80. The lowest BCUT2D eigenvalue weighted by Gasteiger charge is -2.07. The van der Waals surface area contributed by atoms with Crippen molar-refractivity contribution in [3.05, 3.63) is 23.4 Å². The summed E-state index contributed by atoms with van der Waals surface area (Å²) in [5.74, 6) is 1.66. The number of nitrogens with one attached hydrogen (secondary N) is 1. The fourth-order valence-electron chi connectivity index (χ4n) is 2.01. The summed E-state index contributed by atoms with van der Waals surface area (Å²) in [6.45, 7) is 0.183. The molecule has 0 atom stereocenters.